The van der Waals surface area contributed by atoms with Crippen LogP contribution in [0, 0.1) is 6.92 Å². The molecule has 3 rings (SSSR count). The van der Waals surface area contributed by atoms with E-state index < -0.39 is 5.97 Å². The summed E-state index contributed by atoms with van der Waals surface area (Å²) >= 11 is 1.36. The third-order valence-electron chi connectivity index (χ3n) is 3.09. The molecule has 0 aliphatic carbocycles. The first-order chi connectivity index (χ1) is 9.54. The number of rotatable bonds is 3. The number of hydrogen-bond acceptors (Lipinski definition) is 6. The first kappa shape index (κ1) is 12.7. The number of amides is 1. The number of nitrogens with zero attached hydrogens (tertiary/aromatic N) is 5. The molecule has 8 nitrogen and oxygen atoms in total. The molecule has 1 amide bonds. The van der Waals surface area contributed by atoms with Gasteiger partial charge in [0, 0.05) is 13.1 Å². The number of aromatic carboxylic acids is 1. The lowest BCUT2D eigenvalue weighted by Gasteiger charge is -2.38. The number of thiazole rings is 1. The zero-order valence-corrected chi connectivity index (χ0v) is 11.4. The van der Waals surface area contributed by atoms with Gasteiger partial charge >= 0.3 is 5.97 Å². The number of carbonyl (C=O) groups excluding carboxylic acids is 1. The Morgan fingerprint density at radius 1 is 1.45 bits per heavy atom. The van der Waals surface area contributed by atoms with E-state index in [9.17, 15) is 9.59 Å². The van der Waals surface area contributed by atoms with E-state index in [1.807, 2.05) is 6.92 Å². The maximum Gasteiger partial charge on any atom is 0.358 e. The molecule has 20 heavy (non-hydrogen) atoms. The Morgan fingerprint density at radius 2 is 2.20 bits per heavy atom. The largest absolute Gasteiger partial charge is 0.476 e. The predicted molar refractivity (Wildman–Crippen MR) is 68.8 cm³/mol. The minimum atomic E-state index is -1.11. The van der Waals surface area contributed by atoms with Crippen LogP contribution in [0.1, 0.15) is 31.2 Å². The number of hydrogen-bond donors (Lipinski definition) is 1. The van der Waals surface area contributed by atoms with Crippen LogP contribution in [0.2, 0.25) is 0 Å². The second kappa shape index (κ2) is 4.67. The second-order valence-electron chi connectivity index (χ2n) is 4.50. The van der Waals surface area contributed by atoms with Crippen LogP contribution >= 0.6 is 11.3 Å². The van der Waals surface area contributed by atoms with Crippen LogP contribution in [0.5, 0.6) is 0 Å². The van der Waals surface area contributed by atoms with Gasteiger partial charge in [0.2, 0.25) is 0 Å². The van der Waals surface area contributed by atoms with Crippen molar-refractivity contribution in [2.75, 3.05) is 13.1 Å². The molecule has 1 aliphatic rings. The third kappa shape index (κ3) is 2.16. The Labute approximate surface area is 117 Å². The molecular weight excluding hydrogens is 282 g/mol. The van der Waals surface area contributed by atoms with Gasteiger partial charge in [0.1, 0.15) is 4.88 Å². The molecule has 104 valence electrons. The molecule has 1 fully saturated rings. The van der Waals surface area contributed by atoms with Crippen molar-refractivity contribution >= 4 is 23.2 Å². The molecule has 2 aromatic heterocycles. The summed E-state index contributed by atoms with van der Waals surface area (Å²) in [6.07, 6.45) is 2.96. The fourth-order valence-electron chi connectivity index (χ4n) is 1.96. The Bertz CT molecular complexity index is 673. The van der Waals surface area contributed by atoms with Crippen molar-refractivity contribution in [3.05, 3.63) is 28.0 Å². The molecule has 0 bridgehead atoms. The lowest BCUT2D eigenvalue weighted by molar-refractivity contribution is 0.0502. The van der Waals surface area contributed by atoms with Gasteiger partial charge in [-0.25, -0.2) is 14.5 Å². The third-order valence-corrected chi connectivity index (χ3v) is 3.99. The molecule has 0 radical (unpaired) electrons. The summed E-state index contributed by atoms with van der Waals surface area (Å²) in [5.41, 5.74) is -0.0899. The van der Waals surface area contributed by atoms with Gasteiger partial charge in [-0.05, 0) is 6.92 Å². The summed E-state index contributed by atoms with van der Waals surface area (Å²) in [7, 11) is 0. The van der Waals surface area contributed by atoms with Crippen molar-refractivity contribution in [3.63, 3.8) is 0 Å². The monoisotopic (exact) mass is 293 g/mol. The summed E-state index contributed by atoms with van der Waals surface area (Å²) in [5.74, 6) is -1.16. The van der Waals surface area contributed by atoms with Crippen molar-refractivity contribution in [1.29, 1.82) is 0 Å². The smallest absolute Gasteiger partial charge is 0.358 e. The average Bonchev–Trinajstić information content (AvgIpc) is 2.96. The van der Waals surface area contributed by atoms with Gasteiger partial charge < -0.3 is 10.0 Å². The van der Waals surface area contributed by atoms with Crippen LogP contribution in [0.3, 0.4) is 0 Å². The number of carbonyl (C=O) groups is 2. The highest BCUT2D eigenvalue weighted by Gasteiger charge is 2.34. The van der Waals surface area contributed by atoms with Crippen LogP contribution in [-0.4, -0.2) is 55.0 Å². The second-order valence-corrected chi connectivity index (χ2v) is 5.73. The highest BCUT2D eigenvalue weighted by Crippen LogP contribution is 2.24. The number of likely N-dealkylation sites (tertiary alicyclic amines) is 1. The van der Waals surface area contributed by atoms with Gasteiger partial charge in [-0.2, -0.15) is 0 Å². The minimum absolute atomic E-state index is 0.0198. The zero-order valence-electron chi connectivity index (χ0n) is 10.6. The van der Waals surface area contributed by atoms with Gasteiger partial charge in [0.25, 0.3) is 5.91 Å². The molecule has 0 spiro atoms. The number of aryl methyl sites for hydroxylation is 1. The maximum absolute atomic E-state index is 12.1. The molecule has 3 heterocycles. The fraction of sp³-hybridized carbons (Fsp3) is 0.364. The minimum Gasteiger partial charge on any atom is -0.476 e. The zero-order chi connectivity index (χ0) is 14.3. The van der Waals surface area contributed by atoms with Crippen molar-refractivity contribution in [2.45, 2.75) is 13.0 Å². The quantitative estimate of drug-likeness (QED) is 0.881. The Hall–Kier alpha value is -2.29. The van der Waals surface area contributed by atoms with E-state index in [1.54, 1.807) is 11.1 Å². The number of carboxylic acid groups (broad SMARTS) is 1. The lowest BCUT2D eigenvalue weighted by atomic mass is 10.1. The Kier molecular flexibility index (Phi) is 2.97. The summed E-state index contributed by atoms with van der Waals surface area (Å²) < 4.78 is 1.49. The van der Waals surface area contributed by atoms with E-state index in [0.29, 0.717) is 18.0 Å². The standard InChI is InChI=1S/C11H11N5O3S/c1-6-12-2-9(20-6)10(17)15-3-7(4-15)16-5-8(11(18)19)13-14-16/h2,5,7H,3-4H2,1H3,(H,18,19). The van der Waals surface area contributed by atoms with Crippen molar-refractivity contribution in [3.8, 4) is 0 Å². The van der Waals surface area contributed by atoms with Gasteiger partial charge in [-0.15, -0.1) is 16.4 Å². The molecule has 0 saturated carbocycles. The molecule has 1 N–H and O–H groups in total. The average molecular weight is 293 g/mol. The van der Waals surface area contributed by atoms with Crippen molar-refractivity contribution in [2.24, 2.45) is 0 Å². The van der Waals surface area contributed by atoms with Crippen LogP contribution in [0.25, 0.3) is 0 Å². The van der Waals surface area contributed by atoms with E-state index in [1.165, 1.54) is 22.2 Å². The highest BCUT2D eigenvalue weighted by atomic mass is 32.1. The first-order valence-corrected chi connectivity index (χ1v) is 6.73. The number of aromatic nitrogens is 4. The normalized spacial score (nSPS) is 15.2. The molecule has 1 aliphatic heterocycles. The topological polar surface area (TPSA) is 101 Å². The Morgan fingerprint density at radius 3 is 2.75 bits per heavy atom. The van der Waals surface area contributed by atoms with Crippen LogP contribution in [0.4, 0.5) is 0 Å². The molecule has 0 unspecified atom stereocenters. The molecule has 0 aromatic carbocycles. The van der Waals surface area contributed by atoms with E-state index in [2.05, 4.69) is 15.3 Å². The van der Waals surface area contributed by atoms with Crippen molar-refractivity contribution < 1.29 is 14.7 Å². The van der Waals surface area contributed by atoms with E-state index >= 15 is 0 Å². The van der Waals surface area contributed by atoms with E-state index in [0.717, 1.165) is 5.01 Å². The van der Waals surface area contributed by atoms with Crippen molar-refractivity contribution in [1.82, 2.24) is 24.9 Å². The fourth-order valence-corrected chi connectivity index (χ4v) is 2.70. The summed E-state index contributed by atoms with van der Waals surface area (Å²) in [6.45, 7) is 2.85. The molecule has 0 atom stereocenters. The summed E-state index contributed by atoms with van der Waals surface area (Å²) in [6, 6.07) is -0.0198. The van der Waals surface area contributed by atoms with Crippen LogP contribution in [-0.2, 0) is 0 Å². The van der Waals surface area contributed by atoms with Gasteiger partial charge in [-0.1, -0.05) is 5.21 Å². The van der Waals surface area contributed by atoms with Gasteiger partial charge in [0.05, 0.1) is 23.4 Å². The van der Waals surface area contributed by atoms with E-state index in [4.69, 9.17) is 5.11 Å². The summed E-state index contributed by atoms with van der Waals surface area (Å²) in [5, 5.41) is 17.0. The molecule has 9 heteroatoms. The predicted octanol–water partition coefficient (Wildman–Crippen LogP) is 0.438. The highest BCUT2D eigenvalue weighted by molar-refractivity contribution is 7.13. The molecule has 1 saturated heterocycles. The molecular formula is C11H11N5O3S. The first-order valence-electron chi connectivity index (χ1n) is 5.91. The SMILES string of the molecule is Cc1ncc(C(=O)N2CC(n3cc(C(=O)O)nn3)C2)s1. The van der Waals surface area contributed by atoms with Gasteiger partial charge in [0.15, 0.2) is 5.69 Å². The van der Waals surface area contributed by atoms with E-state index in [-0.39, 0.29) is 17.6 Å². The lowest BCUT2D eigenvalue weighted by Crippen LogP contribution is -2.50. The molecule has 2 aromatic rings. The van der Waals surface area contributed by atoms with Crippen LogP contribution in [0.15, 0.2) is 12.4 Å². The van der Waals surface area contributed by atoms with Gasteiger partial charge in [-0.3, -0.25) is 4.79 Å². The van der Waals surface area contributed by atoms with Crippen LogP contribution < -0.4 is 0 Å². The number of carboxylic acids is 1. The maximum atomic E-state index is 12.1. The summed E-state index contributed by atoms with van der Waals surface area (Å²) in [4.78, 5) is 29.2. The Balaban J connectivity index is 1.63.